The van der Waals surface area contributed by atoms with Gasteiger partial charge in [-0.25, -0.2) is 4.79 Å². The Bertz CT molecular complexity index is 1840. The number of nitrogens with zero attached hydrogens (tertiary/aromatic N) is 3. The van der Waals surface area contributed by atoms with Gasteiger partial charge >= 0.3 is 5.69 Å². The standard InChI is InChI=1S/C29H26N4O4/c1-16-8-7-9-18(14-16)25-23-26(31(2)29(36)32(3)28(23)35)27-24(17-12-13-21(34)22(15-17)37-4)30-19-10-5-6-11-20(19)33(25)27/h5-15,24,30,34H,1-4H3/t24-/m1/s1. The predicted molar refractivity (Wildman–Crippen MR) is 144 cm³/mol. The molecule has 6 rings (SSSR count). The Morgan fingerprint density at radius 1 is 0.946 bits per heavy atom. The molecule has 8 heteroatoms. The SMILES string of the molecule is COc1cc([C@H]2Nc3ccccc3-n3c(-c4cccc(C)c4)c4c(=O)n(C)c(=O)n(C)c4c32)ccc1O. The highest BCUT2D eigenvalue weighted by atomic mass is 16.5. The van der Waals surface area contributed by atoms with Gasteiger partial charge in [-0.05, 0) is 48.4 Å². The first-order valence-corrected chi connectivity index (χ1v) is 12.0. The largest absolute Gasteiger partial charge is 0.504 e. The highest BCUT2D eigenvalue weighted by Gasteiger charge is 2.35. The fourth-order valence-corrected chi connectivity index (χ4v) is 5.41. The molecule has 2 N–H and O–H groups in total. The average molecular weight is 495 g/mol. The van der Waals surface area contributed by atoms with Crippen LogP contribution in [0, 0.1) is 6.92 Å². The zero-order valence-corrected chi connectivity index (χ0v) is 20.9. The number of rotatable bonds is 3. The minimum Gasteiger partial charge on any atom is -0.504 e. The Morgan fingerprint density at radius 2 is 1.73 bits per heavy atom. The molecule has 3 aromatic carbocycles. The van der Waals surface area contributed by atoms with Crippen molar-refractivity contribution in [3.05, 3.63) is 104 Å². The number of aromatic nitrogens is 3. The summed E-state index contributed by atoms with van der Waals surface area (Å²) in [4.78, 5) is 26.9. The summed E-state index contributed by atoms with van der Waals surface area (Å²) in [5.41, 5.74) is 5.81. The molecular weight excluding hydrogens is 468 g/mol. The lowest BCUT2D eigenvalue weighted by molar-refractivity contribution is 0.373. The summed E-state index contributed by atoms with van der Waals surface area (Å²) in [6.45, 7) is 2.01. The van der Waals surface area contributed by atoms with Gasteiger partial charge in [-0.3, -0.25) is 13.9 Å². The van der Waals surface area contributed by atoms with Gasteiger partial charge in [-0.2, -0.15) is 0 Å². The van der Waals surface area contributed by atoms with Crippen LogP contribution in [0.5, 0.6) is 11.5 Å². The van der Waals surface area contributed by atoms with E-state index in [0.29, 0.717) is 16.7 Å². The molecule has 0 saturated heterocycles. The van der Waals surface area contributed by atoms with Gasteiger partial charge in [0, 0.05) is 14.1 Å². The zero-order chi connectivity index (χ0) is 26.0. The molecule has 0 unspecified atom stereocenters. The third-order valence-electron chi connectivity index (χ3n) is 7.16. The van der Waals surface area contributed by atoms with Gasteiger partial charge < -0.3 is 19.7 Å². The number of anilines is 1. The number of phenolic OH excluding ortho intramolecular Hbond substituents is 1. The van der Waals surface area contributed by atoms with Crippen LogP contribution in [-0.4, -0.2) is 25.9 Å². The third kappa shape index (κ3) is 3.22. The zero-order valence-electron chi connectivity index (χ0n) is 20.9. The first kappa shape index (κ1) is 22.7. The van der Waals surface area contributed by atoms with Gasteiger partial charge in [0.25, 0.3) is 5.56 Å². The summed E-state index contributed by atoms with van der Waals surface area (Å²) < 4.78 is 10.2. The summed E-state index contributed by atoms with van der Waals surface area (Å²) in [6, 6.07) is 20.7. The molecule has 37 heavy (non-hydrogen) atoms. The molecule has 0 radical (unpaired) electrons. The van der Waals surface area contributed by atoms with Crippen LogP contribution in [-0.2, 0) is 14.1 Å². The second kappa shape index (κ2) is 8.16. The van der Waals surface area contributed by atoms with Crippen LogP contribution in [0.2, 0.25) is 0 Å². The van der Waals surface area contributed by atoms with Gasteiger partial charge in [-0.15, -0.1) is 0 Å². The Labute approximate surface area is 212 Å². The Balaban J connectivity index is 1.84. The number of nitrogens with one attached hydrogen (secondary N) is 1. The van der Waals surface area contributed by atoms with E-state index in [1.165, 1.54) is 14.2 Å². The number of fused-ring (bicyclic) bond motifs is 5. The van der Waals surface area contributed by atoms with Crippen molar-refractivity contribution in [1.82, 2.24) is 13.7 Å². The summed E-state index contributed by atoms with van der Waals surface area (Å²) in [5.74, 6) is 0.369. The van der Waals surface area contributed by atoms with E-state index < -0.39 is 11.7 Å². The molecule has 1 atom stereocenters. The van der Waals surface area contributed by atoms with Crippen LogP contribution in [0.3, 0.4) is 0 Å². The molecule has 2 aromatic heterocycles. The molecule has 186 valence electrons. The molecule has 3 heterocycles. The van der Waals surface area contributed by atoms with Crippen molar-refractivity contribution >= 4 is 16.6 Å². The van der Waals surface area contributed by atoms with Crippen molar-refractivity contribution in [2.75, 3.05) is 12.4 Å². The van der Waals surface area contributed by atoms with E-state index in [1.807, 2.05) is 55.5 Å². The van der Waals surface area contributed by atoms with Gasteiger partial charge in [0.2, 0.25) is 0 Å². The minimum absolute atomic E-state index is 0.0319. The fraction of sp³-hybridized carbons (Fsp3) is 0.172. The predicted octanol–water partition coefficient (Wildman–Crippen LogP) is 4.23. The smallest absolute Gasteiger partial charge is 0.331 e. The van der Waals surface area contributed by atoms with Gasteiger partial charge in [0.05, 0.1) is 46.8 Å². The average Bonchev–Trinajstić information content (AvgIpc) is 3.27. The second-order valence-corrected chi connectivity index (χ2v) is 9.39. The first-order valence-electron chi connectivity index (χ1n) is 12.0. The lowest BCUT2D eigenvalue weighted by atomic mass is 9.99. The number of ether oxygens (including phenoxy) is 1. The number of phenols is 1. The third-order valence-corrected chi connectivity index (χ3v) is 7.16. The van der Waals surface area contributed by atoms with Crippen LogP contribution in [0.15, 0.2) is 76.3 Å². The second-order valence-electron chi connectivity index (χ2n) is 9.39. The van der Waals surface area contributed by atoms with Crippen molar-refractivity contribution in [3.8, 4) is 28.4 Å². The summed E-state index contributed by atoms with van der Waals surface area (Å²) in [5, 5.41) is 14.3. The normalized spacial score (nSPS) is 14.2. The molecular formula is C29H26N4O4. The van der Waals surface area contributed by atoms with Crippen LogP contribution >= 0.6 is 0 Å². The van der Waals surface area contributed by atoms with E-state index in [9.17, 15) is 14.7 Å². The molecule has 1 aliphatic rings. The number of hydrogen-bond donors (Lipinski definition) is 2. The molecule has 8 nitrogen and oxygen atoms in total. The number of benzene rings is 3. The lowest BCUT2D eigenvalue weighted by Crippen LogP contribution is -2.37. The van der Waals surface area contributed by atoms with Crippen molar-refractivity contribution < 1.29 is 9.84 Å². The first-order chi connectivity index (χ1) is 17.8. The van der Waals surface area contributed by atoms with Crippen LogP contribution < -0.4 is 21.3 Å². The van der Waals surface area contributed by atoms with Crippen molar-refractivity contribution in [3.63, 3.8) is 0 Å². The monoisotopic (exact) mass is 494 g/mol. The molecule has 0 spiro atoms. The molecule has 0 fully saturated rings. The van der Waals surface area contributed by atoms with Gasteiger partial charge in [0.15, 0.2) is 11.5 Å². The number of methoxy groups -OCH3 is 1. The summed E-state index contributed by atoms with van der Waals surface area (Å²) in [6.07, 6.45) is 0. The minimum atomic E-state index is -0.442. The van der Waals surface area contributed by atoms with E-state index in [0.717, 1.165) is 44.0 Å². The van der Waals surface area contributed by atoms with Crippen molar-refractivity contribution in [1.29, 1.82) is 0 Å². The molecule has 0 aliphatic carbocycles. The molecule has 0 amide bonds. The summed E-state index contributed by atoms with van der Waals surface area (Å²) in [7, 11) is 4.71. The maximum atomic E-state index is 13.8. The fourth-order valence-electron chi connectivity index (χ4n) is 5.41. The van der Waals surface area contributed by atoms with Crippen molar-refractivity contribution in [2.45, 2.75) is 13.0 Å². The van der Waals surface area contributed by atoms with E-state index in [-0.39, 0.29) is 11.3 Å². The van der Waals surface area contributed by atoms with Crippen LogP contribution in [0.4, 0.5) is 5.69 Å². The van der Waals surface area contributed by atoms with Crippen LogP contribution in [0.1, 0.15) is 22.9 Å². The number of hydrogen-bond acceptors (Lipinski definition) is 5. The number of aryl methyl sites for hydroxylation is 2. The Hall–Kier alpha value is -4.72. The highest BCUT2D eigenvalue weighted by molar-refractivity contribution is 5.99. The quantitative estimate of drug-likeness (QED) is 0.392. The lowest BCUT2D eigenvalue weighted by Gasteiger charge is -2.31. The molecule has 1 aliphatic heterocycles. The molecule has 5 aromatic rings. The number of aromatic hydroxyl groups is 1. The topological polar surface area (TPSA) is 90.4 Å². The van der Waals surface area contributed by atoms with E-state index in [1.54, 1.807) is 23.7 Å². The Kier molecular flexibility index (Phi) is 5.01. The maximum Gasteiger partial charge on any atom is 0.331 e. The van der Waals surface area contributed by atoms with E-state index in [4.69, 9.17) is 4.74 Å². The number of para-hydroxylation sites is 2. The van der Waals surface area contributed by atoms with Gasteiger partial charge in [-0.1, -0.05) is 42.0 Å². The summed E-state index contributed by atoms with van der Waals surface area (Å²) >= 11 is 0. The van der Waals surface area contributed by atoms with Crippen molar-refractivity contribution in [2.24, 2.45) is 14.1 Å². The molecule has 0 saturated carbocycles. The van der Waals surface area contributed by atoms with E-state index in [2.05, 4.69) is 16.0 Å². The van der Waals surface area contributed by atoms with E-state index >= 15 is 0 Å². The molecule has 0 bridgehead atoms. The highest BCUT2D eigenvalue weighted by Crippen LogP contribution is 2.46. The van der Waals surface area contributed by atoms with Crippen LogP contribution in [0.25, 0.3) is 27.8 Å². The van der Waals surface area contributed by atoms with Gasteiger partial charge in [0.1, 0.15) is 0 Å². The maximum absolute atomic E-state index is 13.8. The Morgan fingerprint density at radius 3 is 2.49 bits per heavy atom.